The van der Waals surface area contributed by atoms with E-state index in [1.165, 1.54) is 6.07 Å². The van der Waals surface area contributed by atoms with Crippen LogP contribution in [0.3, 0.4) is 0 Å². The van der Waals surface area contributed by atoms with E-state index in [0.717, 1.165) is 26.0 Å². The fraction of sp³-hybridized carbons (Fsp3) is 0.571. The molecule has 1 aromatic carbocycles. The van der Waals surface area contributed by atoms with Crippen molar-refractivity contribution < 1.29 is 9.13 Å². The number of nitrogens with zero attached hydrogens (tertiary/aromatic N) is 1. The zero-order valence-corrected chi connectivity index (χ0v) is 10.9. The largest absolute Gasteiger partial charge is 0.381 e. The van der Waals surface area contributed by atoms with E-state index < -0.39 is 0 Å². The van der Waals surface area contributed by atoms with Crippen LogP contribution in [0.15, 0.2) is 24.3 Å². The van der Waals surface area contributed by atoms with Crippen molar-refractivity contribution in [3.63, 3.8) is 0 Å². The zero-order chi connectivity index (χ0) is 13.0. The van der Waals surface area contributed by atoms with Crippen LogP contribution in [0.5, 0.6) is 0 Å². The minimum atomic E-state index is -0.191. The molecule has 1 aromatic rings. The Kier molecular flexibility index (Phi) is 4.19. The third kappa shape index (κ3) is 2.82. The molecule has 1 aliphatic heterocycles. The first-order valence-electron chi connectivity index (χ1n) is 6.40. The molecule has 1 saturated heterocycles. The second-order valence-corrected chi connectivity index (χ2v) is 5.17. The van der Waals surface area contributed by atoms with Gasteiger partial charge < -0.3 is 15.4 Å². The fourth-order valence-corrected chi connectivity index (χ4v) is 2.61. The second-order valence-electron chi connectivity index (χ2n) is 5.17. The molecule has 1 atom stereocenters. The van der Waals surface area contributed by atoms with Crippen LogP contribution >= 0.6 is 0 Å². The first kappa shape index (κ1) is 13.3. The van der Waals surface area contributed by atoms with Gasteiger partial charge in [0, 0.05) is 32.2 Å². The highest BCUT2D eigenvalue weighted by atomic mass is 19.1. The molecule has 2 rings (SSSR count). The third-order valence-electron chi connectivity index (χ3n) is 3.67. The van der Waals surface area contributed by atoms with E-state index in [1.807, 2.05) is 18.0 Å². The lowest BCUT2D eigenvalue weighted by Crippen LogP contribution is -2.47. The van der Waals surface area contributed by atoms with Gasteiger partial charge in [-0.1, -0.05) is 12.1 Å². The summed E-state index contributed by atoms with van der Waals surface area (Å²) < 4.78 is 19.3. The van der Waals surface area contributed by atoms with E-state index in [1.54, 1.807) is 12.1 Å². The van der Waals surface area contributed by atoms with Gasteiger partial charge in [-0.05, 0) is 25.0 Å². The number of nitrogens with two attached hydrogens (primary N) is 1. The average Bonchev–Trinajstić information content (AvgIpc) is 2.40. The van der Waals surface area contributed by atoms with Crippen LogP contribution in [0.1, 0.15) is 12.8 Å². The van der Waals surface area contributed by atoms with Crippen LogP contribution in [0.4, 0.5) is 10.1 Å². The SMILES string of the molecule is CN(CC1(CN)CCCOC1)c1ccccc1F. The molecule has 100 valence electrons. The van der Waals surface area contributed by atoms with Crippen LogP contribution in [0.25, 0.3) is 0 Å². The monoisotopic (exact) mass is 252 g/mol. The molecule has 4 heteroatoms. The highest BCUT2D eigenvalue weighted by molar-refractivity contribution is 5.47. The molecule has 1 heterocycles. The number of anilines is 1. The van der Waals surface area contributed by atoms with E-state index in [2.05, 4.69) is 0 Å². The van der Waals surface area contributed by atoms with Gasteiger partial charge in [0.15, 0.2) is 0 Å². The van der Waals surface area contributed by atoms with Crippen molar-refractivity contribution in [2.24, 2.45) is 11.1 Å². The highest BCUT2D eigenvalue weighted by Gasteiger charge is 2.33. The van der Waals surface area contributed by atoms with Gasteiger partial charge in [0.05, 0.1) is 12.3 Å². The van der Waals surface area contributed by atoms with Crippen molar-refractivity contribution in [1.82, 2.24) is 0 Å². The molecule has 0 amide bonds. The Morgan fingerprint density at radius 1 is 1.44 bits per heavy atom. The van der Waals surface area contributed by atoms with Gasteiger partial charge >= 0.3 is 0 Å². The number of halogens is 1. The summed E-state index contributed by atoms with van der Waals surface area (Å²) in [6.07, 6.45) is 2.07. The van der Waals surface area contributed by atoms with Gasteiger partial charge in [0.1, 0.15) is 5.82 Å². The van der Waals surface area contributed by atoms with Gasteiger partial charge in [-0.2, -0.15) is 0 Å². The van der Waals surface area contributed by atoms with Gasteiger partial charge in [0.2, 0.25) is 0 Å². The minimum Gasteiger partial charge on any atom is -0.381 e. The third-order valence-corrected chi connectivity index (χ3v) is 3.67. The van der Waals surface area contributed by atoms with E-state index in [9.17, 15) is 4.39 Å². The number of rotatable bonds is 4. The molecule has 0 spiro atoms. The summed E-state index contributed by atoms with van der Waals surface area (Å²) >= 11 is 0. The Labute approximate surface area is 108 Å². The van der Waals surface area contributed by atoms with E-state index >= 15 is 0 Å². The van der Waals surface area contributed by atoms with E-state index in [-0.39, 0.29) is 11.2 Å². The summed E-state index contributed by atoms with van der Waals surface area (Å²) in [5.74, 6) is -0.191. The Balaban J connectivity index is 2.10. The zero-order valence-electron chi connectivity index (χ0n) is 10.9. The van der Waals surface area contributed by atoms with E-state index in [0.29, 0.717) is 18.8 Å². The predicted molar refractivity (Wildman–Crippen MR) is 71.2 cm³/mol. The molecule has 2 N–H and O–H groups in total. The van der Waals surface area contributed by atoms with Crippen LogP contribution in [0.2, 0.25) is 0 Å². The summed E-state index contributed by atoms with van der Waals surface area (Å²) in [6.45, 7) is 2.78. The van der Waals surface area contributed by atoms with Crippen LogP contribution in [-0.2, 0) is 4.74 Å². The molecule has 1 unspecified atom stereocenters. The molecule has 0 radical (unpaired) electrons. The molecule has 0 aromatic heterocycles. The summed E-state index contributed by atoms with van der Waals surface area (Å²) in [5.41, 5.74) is 6.48. The first-order chi connectivity index (χ1) is 8.67. The topological polar surface area (TPSA) is 38.5 Å². The molecule has 18 heavy (non-hydrogen) atoms. The van der Waals surface area contributed by atoms with E-state index in [4.69, 9.17) is 10.5 Å². The summed E-state index contributed by atoms with van der Waals surface area (Å²) in [6, 6.07) is 6.83. The van der Waals surface area contributed by atoms with Gasteiger partial charge in [0.25, 0.3) is 0 Å². The molecule has 1 aliphatic rings. The number of benzene rings is 1. The highest BCUT2D eigenvalue weighted by Crippen LogP contribution is 2.30. The number of hydrogen-bond donors (Lipinski definition) is 1. The molecule has 1 fully saturated rings. The van der Waals surface area contributed by atoms with Crippen molar-refractivity contribution in [3.8, 4) is 0 Å². The molecule has 0 bridgehead atoms. The lowest BCUT2D eigenvalue weighted by molar-refractivity contribution is 0.00165. The molecular formula is C14H21FN2O. The Morgan fingerprint density at radius 2 is 2.22 bits per heavy atom. The summed E-state index contributed by atoms with van der Waals surface area (Å²) in [7, 11) is 1.91. The maximum Gasteiger partial charge on any atom is 0.146 e. The minimum absolute atomic E-state index is 0.0463. The van der Waals surface area contributed by atoms with Crippen LogP contribution in [-0.4, -0.2) is 33.4 Å². The summed E-state index contributed by atoms with van der Waals surface area (Å²) in [4.78, 5) is 1.94. The standard InChI is InChI=1S/C14H21FN2O/c1-17(13-6-3-2-5-12(13)15)10-14(9-16)7-4-8-18-11-14/h2-3,5-6H,4,7-11,16H2,1H3. The molecule has 3 nitrogen and oxygen atoms in total. The van der Waals surface area contributed by atoms with Crippen molar-refractivity contribution in [3.05, 3.63) is 30.1 Å². The fourth-order valence-electron chi connectivity index (χ4n) is 2.61. The number of hydrogen-bond acceptors (Lipinski definition) is 3. The molecule has 0 saturated carbocycles. The van der Waals surface area contributed by atoms with Crippen molar-refractivity contribution in [1.29, 1.82) is 0 Å². The summed E-state index contributed by atoms with van der Waals surface area (Å²) in [5, 5.41) is 0. The van der Waals surface area contributed by atoms with Gasteiger partial charge in [-0.15, -0.1) is 0 Å². The van der Waals surface area contributed by atoms with Crippen LogP contribution in [0, 0.1) is 11.2 Å². The second kappa shape index (κ2) is 5.67. The maximum atomic E-state index is 13.7. The Bertz CT molecular complexity index is 391. The lowest BCUT2D eigenvalue weighted by Gasteiger charge is -2.39. The smallest absolute Gasteiger partial charge is 0.146 e. The first-order valence-corrected chi connectivity index (χ1v) is 6.40. The quantitative estimate of drug-likeness (QED) is 0.891. The van der Waals surface area contributed by atoms with Gasteiger partial charge in [-0.3, -0.25) is 0 Å². The number of para-hydroxylation sites is 1. The molecular weight excluding hydrogens is 231 g/mol. The normalized spacial score (nSPS) is 23.9. The lowest BCUT2D eigenvalue weighted by atomic mass is 9.82. The van der Waals surface area contributed by atoms with Crippen molar-refractivity contribution in [2.45, 2.75) is 12.8 Å². The Morgan fingerprint density at radius 3 is 2.83 bits per heavy atom. The Hall–Kier alpha value is -1.13. The number of ether oxygens (including phenoxy) is 1. The van der Waals surface area contributed by atoms with Crippen LogP contribution < -0.4 is 10.6 Å². The van der Waals surface area contributed by atoms with Gasteiger partial charge in [-0.25, -0.2) is 4.39 Å². The average molecular weight is 252 g/mol. The van der Waals surface area contributed by atoms with Crippen molar-refractivity contribution in [2.75, 3.05) is 38.3 Å². The molecule has 0 aliphatic carbocycles. The van der Waals surface area contributed by atoms with Crippen molar-refractivity contribution >= 4 is 5.69 Å². The predicted octanol–water partition coefficient (Wildman–Crippen LogP) is 2.02. The maximum absolute atomic E-state index is 13.7.